The Morgan fingerprint density at radius 1 is 1.27 bits per heavy atom. The Morgan fingerprint density at radius 3 is 2.46 bits per heavy atom. The van der Waals surface area contributed by atoms with Gasteiger partial charge in [-0.15, -0.1) is 24.0 Å². The van der Waals surface area contributed by atoms with E-state index in [1.165, 1.54) is 16.1 Å². The van der Waals surface area contributed by atoms with Gasteiger partial charge in [0, 0.05) is 32.7 Å². The quantitative estimate of drug-likeness (QED) is 0.226. The number of aryl methyl sites for hydroxylation is 1. The Balaban J connectivity index is 0.00000625. The second-order valence-electron chi connectivity index (χ2n) is 6.18. The molecule has 0 aliphatic carbocycles. The van der Waals surface area contributed by atoms with Gasteiger partial charge < -0.3 is 10.6 Å². The third-order valence-electron chi connectivity index (χ3n) is 4.01. The van der Waals surface area contributed by atoms with E-state index in [2.05, 4.69) is 46.8 Å². The summed E-state index contributed by atoms with van der Waals surface area (Å²) in [6.45, 7) is 5.68. The number of rotatable bonds is 10. The molecule has 0 aliphatic rings. The maximum absolute atomic E-state index is 11.6. The first-order valence-electron chi connectivity index (χ1n) is 8.83. The Bertz CT molecular complexity index is 623. The molecule has 0 radical (unpaired) electrons. The summed E-state index contributed by atoms with van der Waals surface area (Å²) < 4.78 is 24.6. The van der Waals surface area contributed by atoms with Crippen molar-refractivity contribution >= 4 is 40.0 Å². The van der Waals surface area contributed by atoms with Crippen molar-refractivity contribution in [3.8, 4) is 0 Å². The molecule has 1 atom stereocenters. The average Bonchev–Trinajstić information content (AvgIpc) is 2.58. The number of nitrogens with one attached hydrogen (secondary N) is 2. The van der Waals surface area contributed by atoms with Crippen molar-refractivity contribution in [3.63, 3.8) is 0 Å². The molecule has 0 saturated heterocycles. The molecule has 0 aliphatic heterocycles. The van der Waals surface area contributed by atoms with E-state index in [0.717, 1.165) is 25.2 Å². The fourth-order valence-corrected chi connectivity index (χ4v) is 3.48. The molecule has 0 fully saturated rings. The van der Waals surface area contributed by atoms with Crippen molar-refractivity contribution < 1.29 is 8.42 Å². The first kappa shape index (κ1) is 25.1. The third-order valence-corrected chi connectivity index (χ3v) is 5.39. The van der Waals surface area contributed by atoms with E-state index in [1.807, 2.05) is 13.0 Å². The van der Waals surface area contributed by atoms with Crippen LogP contribution in [0.3, 0.4) is 0 Å². The first-order chi connectivity index (χ1) is 11.9. The van der Waals surface area contributed by atoms with Gasteiger partial charge in [0.25, 0.3) is 0 Å². The number of aliphatic imine (C=N–C) groups is 1. The summed E-state index contributed by atoms with van der Waals surface area (Å²) in [7, 11) is -1.37. The molecule has 150 valence electrons. The molecule has 8 heteroatoms. The van der Waals surface area contributed by atoms with Crippen LogP contribution in [-0.4, -0.2) is 57.7 Å². The highest BCUT2D eigenvalue weighted by atomic mass is 127. The van der Waals surface area contributed by atoms with E-state index in [1.54, 1.807) is 7.05 Å². The normalized spacial score (nSPS) is 13.2. The molecular weight excluding hydrogens is 463 g/mol. The fraction of sp³-hybridized carbons (Fsp3) is 0.611. The van der Waals surface area contributed by atoms with Crippen LogP contribution in [0.2, 0.25) is 0 Å². The smallest absolute Gasteiger partial charge is 0.211 e. The molecule has 0 spiro atoms. The van der Waals surface area contributed by atoms with Gasteiger partial charge >= 0.3 is 0 Å². The Kier molecular flexibility index (Phi) is 12.9. The van der Waals surface area contributed by atoms with Gasteiger partial charge in [0.05, 0.1) is 6.26 Å². The van der Waals surface area contributed by atoms with Gasteiger partial charge in [0.2, 0.25) is 10.0 Å². The summed E-state index contributed by atoms with van der Waals surface area (Å²) >= 11 is 0. The minimum absolute atomic E-state index is 0. The van der Waals surface area contributed by atoms with Crippen LogP contribution in [0.5, 0.6) is 0 Å². The predicted molar refractivity (Wildman–Crippen MR) is 121 cm³/mol. The summed E-state index contributed by atoms with van der Waals surface area (Å²) in [5.74, 6) is 0.753. The highest BCUT2D eigenvalue weighted by Gasteiger charge is 2.13. The summed E-state index contributed by atoms with van der Waals surface area (Å²) in [5, 5.41) is 6.62. The number of hydrogen-bond acceptors (Lipinski definition) is 3. The van der Waals surface area contributed by atoms with Gasteiger partial charge in [0.15, 0.2) is 5.96 Å². The van der Waals surface area contributed by atoms with Crippen LogP contribution in [0, 0.1) is 0 Å². The Hall–Kier alpha value is -0.870. The predicted octanol–water partition coefficient (Wildman–Crippen LogP) is 2.46. The Morgan fingerprint density at radius 2 is 1.92 bits per heavy atom. The van der Waals surface area contributed by atoms with Gasteiger partial charge in [-0.3, -0.25) is 4.99 Å². The van der Waals surface area contributed by atoms with Gasteiger partial charge in [-0.05, 0) is 31.7 Å². The molecule has 2 N–H and O–H groups in total. The molecule has 1 aromatic rings. The number of benzene rings is 1. The zero-order valence-electron chi connectivity index (χ0n) is 16.2. The van der Waals surface area contributed by atoms with Gasteiger partial charge in [-0.2, -0.15) is 0 Å². The first-order valence-corrected chi connectivity index (χ1v) is 10.7. The number of nitrogens with zero attached hydrogens (tertiary/aromatic N) is 2. The molecule has 6 nitrogen and oxygen atoms in total. The number of sulfonamides is 1. The standard InChI is InChI=1S/C18H32N4O2S.HI/c1-5-22(25(4,23)24)15-9-14-20-18(19-3)21-16(2)12-13-17-10-7-6-8-11-17;/h6-8,10-11,16H,5,9,12-15H2,1-4H3,(H2,19,20,21);1H. The zero-order chi connectivity index (χ0) is 18.7. The Labute approximate surface area is 175 Å². The number of guanidine groups is 1. The van der Waals surface area contributed by atoms with Gasteiger partial charge in [0.1, 0.15) is 0 Å². The minimum atomic E-state index is -3.11. The van der Waals surface area contributed by atoms with E-state index in [4.69, 9.17) is 0 Å². The minimum Gasteiger partial charge on any atom is -0.356 e. The maximum atomic E-state index is 11.6. The van der Waals surface area contributed by atoms with Crippen molar-refractivity contribution in [1.29, 1.82) is 0 Å². The number of hydrogen-bond donors (Lipinski definition) is 2. The third kappa shape index (κ3) is 10.3. The molecule has 1 unspecified atom stereocenters. The lowest BCUT2D eigenvalue weighted by molar-refractivity contribution is 0.424. The van der Waals surface area contributed by atoms with Crippen molar-refractivity contribution in [3.05, 3.63) is 35.9 Å². The van der Waals surface area contributed by atoms with Crippen LogP contribution < -0.4 is 10.6 Å². The molecule has 0 heterocycles. The molecule has 0 saturated carbocycles. The molecule has 0 bridgehead atoms. The van der Waals surface area contributed by atoms with Crippen molar-refractivity contribution in [2.24, 2.45) is 4.99 Å². The van der Waals surface area contributed by atoms with Crippen LogP contribution in [-0.2, 0) is 16.4 Å². The molecule has 26 heavy (non-hydrogen) atoms. The summed E-state index contributed by atoms with van der Waals surface area (Å²) in [6.07, 6.45) is 4.02. The van der Waals surface area contributed by atoms with Crippen LogP contribution in [0.1, 0.15) is 32.3 Å². The maximum Gasteiger partial charge on any atom is 0.211 e. The van der Waals surface area contributed by atoms with E-state index >= 15 is 0 Å². The van der Waals surface area contributed by atoms with Crippen LogP contribution >= 0.6 is 24.0 Å². The fourth-order valence-electron chi connectivity index (χ4n) is 2.55. The molecule has 1 rings (SSSR count). The summed E-state index contributed by atoms with van der Waals surface area (Å²) in [6, 6.07) is 10.7. The molecular formula is C18H33IN4O2S. The lowest BCUT2D eigenvalue weighted by Gasteiger charge is -2.20. The van der Waals surface area contributed by atoms with Gasteiger partial charge in [-0.25, -0.2) is 12.7 Å². The van der Waals surface area contributed by atoms with E-state index in [9.17, 15) is 8.42 Å². The number of halogens is 1. The summed E-state index contributed by atoms with van der Waals surface area (Å²) in [5.41, 5.74) is 1.33. The highest BCUT2D eigenvalue weighted by Crippen LogP contribution is 2.04. The van der Waals surface area contributed by atoms with Crippen LogP contribution in [0.4, 0.5) is 0 Å². The van der Waals surface area contributed by atoms with Crippen molar-refractivity contribution in [2.45, 2.75) is 39.2 Å². The average molecular weight is 496 g/mol. The topological polar surface area (TPSA) is 73.8 Å². The second kappa shape index (κ2) is 13.3. The van der Waals surface area contributed by atoms with Crippen LogP contribution in [0.15, 0.2) is 35.3 Å². The van der Waals surface area contributed by atoms with Crippen molar-refractivity contribution in [2.75, 3.05) is 32.9 Å². The zero-order valence-corrected chi connectivity index (χ0v) is 19.4. The molecule has 1 aromatic carbocycles. The monoisotopic (exact) mass is 496 g/mol. The summed E-state index contributed by atoms with van der Waals surface area (Å²) in [4.78, 5) is 4.23. The van der Waals surface area contributed by atoms with Crippen LogP contribution in [0.25, 0.3) is 0 Å². The SMILES string of the molecule is CCN(CCCNC(=NC)NC(C)CCc1ccccc1)S(C)(=O)=O.I. The van der Waals surface area contributed by atoms with E-state index in [0.29, 0.717) is 25.7 Å². The van der Waals surface area contributed by atoms with E-state index in [-0.39, 0.29) is 24.0 Å². The van der Waals surface area contributed by atoms with Crippen molar-refractivity contribution in [1.82, 2.24) is 14.9 Å². The molecule has 0 aromatic heterocycles. The van der Waals surface area contributed by atoms with E-state index < -0.39 is 10.0 Å². The molecule has 0 amide bonds. The van der Waals surface area contributed by atoms with Gasteiger partial charge in [-0.1, -0.05) is 37.3 Å². The lowest BCUT2D eigenvalue weighted by atomic mass is 10.1. The highest BCUT2D eigenvalue weighted by molar-refractivity contribution is 14.0. The second-order valence-corrected chi connectivity index (χ2v) is 8.16. The largest absolute Gasteiger partial charge is 0.356 e. The lowest BCUT2D eigenvalue weighted by Crippen LogP contribution is -2.43.